The summed E-state index contributed by atoms with van der Waals surface area (Å²) in [7, 11) is 0. The Hall–Kier alpha value is -1.76. The Morgan fingerprint density at radius 1 is 1.16 bits per heavy atom. The normalized spacial score (nSPS) is 10.0. The monoisotopic (exact) mass is 294 g/mol. The number of hydrogen-bond donors (Lipinski definition) is 1. The maximum Gasteiger partial charge on any atom is 0.123 e. The summed E-state index contributed by atoms with van der Waals surface area (Å²) in [6.07, 6.45) is 0. The number of rotatable bonds is 3. The van der Waals surface area contributed by atoms with E-state index in [0.29, 0.717) is 26.9 Å². The molecule has 2 nitrogen and oxygen atoms in total. The van der Waals surface area contributed by atoms with E-state index in [-0.39, 0.29) is 12.4 Å². The molecule has 0 aromatic heterocycles. The first-order valence-corrected chi connectivity index (χ1v) is 6.24. The molecule has 2 aromatic rings. The van der Waals surface area contributed by atoms with Crippen LogP contribution in [0, 0.1) is 17.1 Å². The molecule has 2 rings (SSSR count). The fraction of sp³-hybridized carbons (Fsp3) is 0.0714. The van der Waals surface area contributed by atoms with Crippen LogP contribution in [0.3, 0.4) is 0 Å². The number of hydrogen-bond acceptors (Lipinski definition) is 2. The third-order valence-corrected chi connectivity index (χ3v) is 3.24. The predicted molar refractivity (Wildman–Crippen MR) is 74.9 cm³/mol. The number of nitriles is 1. The molecule has 0 radical (unpaired) electrons. The van der Waals surface area contributed by atoms with E-state index in [2.05, 4.69) is 5.32 Å². The standard InChI is InChI=1S/C14H9Cl2FN2/c15-12-2-1-3-13(16)14(12)19-8-10-6-11(17)5-4-9(10)7-18/h1-6,19H,8H2. The zero-order valence-corrected chi connectivity index (χ0v) is 11.3. The molecule has 0 aliphatic carbocycles. The highest BCUT2D eigenvalue weighted by atomic mass is 35.5. The van der Waals surface area contributed by atoms with Crippen molar-refractivity contribution in [3.8, 4) is 6.07 Å². The van der Waals surface area contributed by atoms with Crippen LogP contribution in [0.5, 0.6) is 0 Å². The second-order valence-corrected chi connectivity index (χ2v) is 4.68. The summed E-state index contributed by atoms with van der Waals surface area (Å²) in [5.74, 6) is -0.388. The molecule has 0 unspecified atom stereocenters. The highest BCUT2D eigenvalue weighted by Gasteiger charge is 2.07. The molecule has 0 saturated carbocycles. The van der Waals surface area contributed by atoms with Crippen LogP contribution >= 0.6 is 23.2 Å². The highest BCUT2D eigenvalue weighted by molar-refractivity contribution is 6.39. The topological polar surface area (TPSA) is 35.8 Å². The first-order valence-electron chi connectivity index (χ1n) is 5.48. The predicted octanol–water partition coefficient (Wildman–Crippen LogP) is 4.62. The summed E-state index contributed by atoms with van der Waals surface area (Å²) in [5, 5.41) is 12.9. The van der Waals surface area contributed by atoms with Gasteiger partial charge in [-0.2, -0.15) is 5.26 Å². The maximum absolute atomic E-state index is 13.2. The van der Waals surface area contributed by atoms with Crippen molar-refractivity contribution in [2.75, 3.05) is 5.32 Å². The summed E-state index contributed by atoms with van der Waals surface area (Å²) in [6, 6.07) is 11.2. The van der Waals surface area contributed by atoms with Crippen LogP contribution in [0.25, 0.3) is 0 Å². The summed E-state index contributed by atoms with van der Waals surface area (Å²) in [6.45, 7) is 0.268. The molecule has 96 valence electrons. The average Bonchev–Trinajstić information content (AvgIpc) is 2.38. The first-order chi connectivity index (χ1) is 9.11. The number of halogens is 3. The van der Waals surface area contributed by atoms with Gasteiger partial charge in [-0.1, -0.05) is 29.3 Å². The number of para-hydroxylation sites is 1. The van der Waals surface area contributed by atoms with Crippen molar-refractivity contribution in [1.29, 1.82) is 5.26 Å². The average molecular weight is 295 g/mol. The third kappa shape index (κ3) is 3.17. The number of anilines is 1. The molecular formula is C14H9Cl2FN2. The van der Waals surface area contributed by atoms with Crippen LogP contribution in [-0.2, 0) is 6.54 Å². The van der Waals surface area contributed by atoms with E-state index in [1.54, 1.807) is 18.2 Å². The molecule has 0 fully saturated rings. The molecule has 2 aromatic carbocycles. The van der Waals surface area contributed by atoms with Crippen LogP contribution < -0.4 is 5.32 Å². The van der Waals surface area contributed by atoms with Gasteiger partial charge in [-0.15, -0.1) is 0 Å². The Labute approximate surface area is 120 Å². The fourth-order valence-corrected chi connectivity index (χ4v) is 2.20. The van der Waals surface area contributed by atoms with Gasteiger partial charge in [0, 0.05) is 6.54 Å². The Bertz CT molecular complexity index is 630. The summed E-state index contributed by atoms with van der Waals surface area (Å²) in [4.78, 5) is 0. The van der Waals surface area contributed by atoms with Crippen LogP contribution in [0.2, 0.25) is 10.0 Å². The Morgan fingerprint density at radius 2 is 1.84 bits per heavy atom. The van der Waals surface area contributed by atoms with Crippen molar-refractivity contribution in [3.63, 3.8) is 0 Å². The molecular weight excluding hydrogens is 286 g/mol. The molecule has 19 heavy (non-hydrogen) atoms. The third-order valence-electron chi connectivity index (χ3n) is 2.61. The lowest BCUT2D eigenvalue weighted by atomic mass is 10.1. The van der Waals surface area contributed by atoms with Crippen molar-refractivity contribution >= 4 is 28.9 Å². The van der Waals surface area contributed by atoms with Gasteiger partial charge in [-0.3, -0.25) is 0 Å². The minimum absolute atomic E-state index is 0.268. The smallest absolute Gasteiger partial charge is 0.123 e. The Morgan fingerprint density at radius 3 is 2.47 bits per heavy atom. The van der Waals surface area contributed by atoms with E-state index in [9.17, 15) is 4.39 Å². The van der Waals surface area contributed by atoms with E-state index in [4.69, 9.17) is 28.5 Å². The van der Waals surface area contributed by atoms with Crippen LogP contribution in [0.15, 0.2) is 36.4 Å². The lowest BCUT2D eigenvalue weighted by Gasteiger charge is -2.11. The van der Waals surface area contributed by atoms with Crippen LogP contribution in [0.4, 0.5) is 10.1 Å². The lowest BCUT2D eigenvalue weighted by Crippen LogP contribution is -2.03. The SMILES string of the molecule is N#Cc1ccc(F)cc1CNc1c(Cl)cccc1Cl. The molecule has 0 bridgehead atoms. The quantitative estimate of drug-likeness (QED) is 0.897. The minimum Gasteiger partial charge on any atom is -0.379 e. The molecule has 1 N–H and O–H groups in total. The van der Waals surface area contributed by atoms with Gasteiger partial charge in [0.15, 0.2) is 0 Å². The minimum atomic E-state index is -0.388. The molecule has 0 aliphatic rings. The second-order valence-electron chi connectivity index (χ2n) is 3.86. The Balaban J connectivity index is 2.24. The van der Waals surface area contributed by atoms with Gasteiger partial charge in [0.1, 0.15) is 5.82 Å². The number of nitrogens with zero attached hydrogens (tertiary/aromatic N) is 1. The molecule has 0 amide bonds. The molecule has 0 saturated heterocycles. The molecule has 0 heterocycles. The summed E-state index contributed by atoms with van der Waals surface area (Å²) >= 11 is 12.0. The highest BCUT2D eigenvalue weighted by Crippen LogP contribution is 2.30. The Kier molecular flexibility index (Phi) is 4.26. The van der Waals surface area contributed by atoms with Crippen molar-refractivity contribution in [3.05, 3.63) is 63.4 Å². The van der Waals surface area contributed by atoms with E-state index >= 15 is 0 Å². The summed E-state index contributed by atoms with van der Waals surface area (Å²) in [5.41, 5.74) is 1.54. The van der Waals surface area contributed by atoms with Crippen molar-refractivity contribution in [2.24, 2.45) is 0 Å². The van der Waals surface area contributed by atoms with Gasteiger partial charge < -0.3 is 5.32 Å². The van der Waals surface area contributed by atoms with Gasteiger partial charge in [0.25, 0.3) is 0 Å². The van der Waals surface area contributed by atoms with E-state index in [1.165, 1.54) is 18.2 Å². The maximum atomic E-state index is 13.2. The lowest BCUT2D eigenvalue weighted by molar-refractivity contribution is 0.625. The van der Waals surface area contributed by atoms with Gasteiger partial charge in [0.2, 0.25) is 0 Å². The van der Waals surface area contributed by atoms with Crippen molar-refractivity contribution < 1.29 is 4.39 Å². The van der Waals surface area contributed by atoms with Crippen LogP contribution in [-0.4, -0.2) is 0 Å². The van der Waals surface area contributed by atoms with E-state index in [1.807, 2.05) is 6.07 Å². The molecule has 0 atom stereocenters. The second kappa shape index (κ2) is 5.92. The van der Waals surface area contributed by atoms with E-state index < -0.39 is 0 Å². The fourth-order valence-electron chi connectivity index (χ4n) is 1.67. The van der Waals surface area contributed by atoms with Gasteiger partial charge >= 0.3 is 0 Å². The molecule has 0 aliphatic heterocycles. The zero-order valence-electron chi connectivity index (χ0n) is 9.75. The number of benzene rings is 2. The van der Waals surface area contributed by atoms with Gasteiger partial charge in [-0.05, 0) is 35.9 Å². The molecule has 0 spiro atoms. The van der Waals surface area contributed by atoms with Gasteiger partial charge in [0.05, 0.1) is 27.4 Å². The largest absolute Gasteiger partial charge is 0.379 e. The van der Waals surface area contributed by atoms with Crippen molar-refractivity contribution in [1.82, 2.24) is 0 Å². The van der Waals surface area contributed by atoms with Crippen molar-refractivity contribution in [2.45, 2.75) is 6.54 Å². The molecule has 5 heteroatoms. The van der Waals surface area contributed by atoms with Gasteiger partial charge in [-0.25, -0.2) is 4.39 Å². The first kappa shape index (κ1) is 13.7. The summed E-state index contributed by atoms with van der Waals surface area (Å²) < 4.78 is 13.2. The van der Waals surface area contributed by atoms with Crippen LogP contribution in [0.1, 0.15) is 11.1 Å². The number of nitrogens with one attached hydrogen (secondary N) is 1. The van der Waals surface area contributed by atoms with E-state index in [0.717, 1.165) is 0 Å². The zero-order chi connectivity index (χ0) is 13.8.